The minimum atomic E-state index is -0.668. The molecule has 0 bridgehead atoms. The van der Waals surface area contributed by atoms with Gasteiger partial charge < -0.3 is 10.1 Å². The lowest BCUT2D eigenvalue weighted by Gasteiger charge is -2.07. The number of hydrogen-bond acceptors (Lipinski definition) is 2. The molecule has 0 aliphatic rings. The molecule has 0 saturated heterocycles. The van der Waals surface area contributed by atoms with Crippen molar-refractivity contribution >= 4 is 29.1 Å². The highest BCUT2D eigenvalue weighted by Gasteiger charge is 2.13. The standard InChI is InChI=1S/C11H12Cl2FNO2/c1-17-4-2-3-15-11(16)7-5-10(14)9(13)6-8(7)12/h5-6H,2-4H2,1H3,(H,15,16). The van der Waals surface area contributed by atoms with Crippen molar-refractivity contribution in [3.8, 4) is 0 Å². The van der Waals surface area contributed by atoms with Crippen molar-refractivity contribution in [2.75, 3.05) is 20.3 Å². The van der Waals surface area contributed by atoms with Crippen LogP contribution in [0.1, 0.15) is 16.8 Å². The van der Waals surface area contributed by atoms with Crippen molar-refractivity contribution in [3.63, 3.8) is 0 Å². The molecule has 0 aliphatic carbocycles. The van der Waals surface area contributed by atoms with Gasteiger partial charge >= 0.3 is 0 Å². The fourth-order valence-corrected chi connectivity index (χ4v) is 1.68. The van der Waals surface area contributed by atoms with Gasteiger partial charge in [-0.2, -0.15) is 0 Å². The van der Waals surface area contributed by atoms with E-state index in [1.807, 2.05) is 0 Å². The minimum absolute atomic E-state index is 0.0750. The van der Waals surface area contributed by atoms with Gasteiger partial charge in [0.05, 0.1) is 15.6 Å². The maximum absolute atomic E-state index is 13.2. The van der Waals surface area contributed by atoms with Gasteiger partial charge in [-0.05, 0) is 18.6 Å². The van der Waals surface area contributed by atoms with Gasteiger partial charge in [-0.1, -0.05) is 23.2 Å². The van der Waals surface area contributed by atoms with Crippen LogP contribution in [-0.2, 0) is 4.74 Å². The molecular formula is C11H12Cl2FNO2. The zero-order valence-electron chi connectivity index (χ0n) is 9.23. The van der Waals surface area contributed by atoms with E-state index in [9.17, 15) is 9.18 Å². The predicted octanol–water partition coefficient (Wildman–Crippen LogP) is 2.90. The minimum Gasteiger partial charge on any atom is -0.385 e. The van der Waals surface area contributed by atoms with Crippen LogP contribution in [0.4, 0.5) is 4.39 Å². The number of carbonyl (C=O) groups excluding carboxylic acids is 1. The van der Waals surface area contributed by atoms with Crippen LogP contribution in [0.2, 0.25) is 10.0 Å². The van der Waals surface area contributed by atoms with Gasteiger partial charge in [0, 0.05) is 20.3 Å². The molecule has 3 nitrogen and oxygen atoms in total. The molecule has 0 fully saturated rings. The lowest BCUT2D eigenvalue weighted by Crippen LogP contribution is -2.25. The lowest BCUT2D eigenvalue weighted by molar-refractivity contribution is 0.0948. The van der Waals surface area contributed by atoms with E-state index in [-0.39, 0.29) is 15.6 Å². The van der Waals surface area contributed by atoms with Crippen molar-refractivity contribution in [2.24, 2.45) is 0 Å². The Kier molecular flexibility index (Phi) is 5.68. The number of rotatable bonds is 5. The fourth-order valence-electron chi connectivity index (χ4n) is 1.21. The number of carbonyl (C=O) groups is 1. The topological polar surface area (TPSA) is 38.3 Å². The Balaban J connectivity index is 2.66. The normalized spacial score (nSPS) is 10.4. The van der Waals surface area contributed by atoms with Crippen LogP contribution in [0.3, 0.4) is 0 Å². The SMILES string of the molecule is COCCCNC(=O)c1cc(F)c(Cl)cc1Cl. The summed E-state index contributed by atoms with van der Waals surface area (Å²) in [5.41, 5.74) is 0.0750. The first-order valence-electron chi connectivity index (χ1n) is 4.98. The van der Waals surface area contributed by atoms with Crippen LogP contribution < -0.4 is 5.32 Å². The predicted molar refractivity (Wildman–Crippen MR) is 65.2 cm³/mol. The Labute approximate surface area is 109 Å². The zero-order valence-corrected chi connectivity index (χ0v) is 10.7. The Morgan fingerprint density at radius 1 is 1.41 bits per heavy atom. The number of nitrogens with one attached hydrogen (secondary N) is 1. The Hall–Kier alpha value is -0.840. The number of halogens is 3. The molecule has 0 unspecified atom stereocenters. The molecule has 0 spiro atoms. The third-order valence-electron chi connectivity index (χ3n) is 2.07. The Morgan fingerprint density at radius 3 is 2.76 bits per heavy atom. The maximum atomic E-state index is 13.2. The molecule has 1 rings (SSSR count). The van der Waals surface area contributed by atoms with E-state index in [0.717, 1.165) is 6.07 Å². The quantitative estimate of drug-likeness (QED) is 0.665. The summed E-state index contributed by atoms with van der Waals surface area (Å²) in [7, 11) is 1.58. The molecule has 0 heterocycles. The van der Waals surface area contributed by atoms with Gasteiger partial charge in [-0.3, -0.25) is 4.79 Å². The van der Waals surface area contributed by atoms with Gasteiger partial charge in [0.25, 0.3) is 5.91 Å². The van der Waals surface area contributed by atoms with Crippen molar-refractivity contribution in [2.45, 2.75) is 6.42 Å². The van der Waals surface area contributed by atoms with Gasteiger partial charge in [0.2, 0.25) is 0 Å². The summed E-state index contributed by atoms with van der Waals surface area (Å²) in [6, 6.07) is 2.23. The molecule has 6 heteroatoms. The highest BCUT2D eigenvalue weighted by molar-refractivity contribution is 6.36. The number of hydrogen-bond donors (Lipinski definition) is 1. The summed E-state index contributed by atoms with van der Waals surface area (Å²) in [5, 5.41) is 2.63. The van der Waals surface area contributed by atoms with E-state index in [1.54, 1.807) is 7.11 Å². The molecule has 1 aromatic rings. The molecular weight excluding hydrogens is 268 g/mol. The van der Waals surface area contributed by atoms with Gasteiger partial charge in [0.15, 0.2) is 0 Å². The van der Waals surface area contributed by atoms with Crippen LogP contribution in [0.25, 0.3) is 0 Å². The molecule has 94 valence electrons. The van der Waals surface area contributed by atoms with Crippen molar-refractivity contribution in [1.82, 2.24) is 5.32 Å². The molecule has 1 N–H and O–H groups in total. The largest absolute Gasteiger partial charge is 0.385 e. The van der Waals surface area contributed by atoms with E-state index < -0.39 is 11.7 Å². The zero-order chi connectivity index (χ0) is 12.8. The molecule has 0 radical (unpaired) electrons. The van der Waals surface area contributed by atoms with Crippen LogP contribution in [-0.4, -0.2) is 26.2 Å². The first-order chi connectivity index (χ1) is 8.06. The van der Waals surface area contributed by atoms with Gasteiger partial charge in [-0.15, -0.1) is 0 Å². The average molecular weight is 280 g/mol. The third kappa shape index (κ3) is 4.15. The second-order valence-electron chi connectivity index (χ2n) is 3.35. The summed E-state index contributed by atoms with van der Waals surface area (Å²) in [5.74, 6) is -1.10. The first kappa shape index (κ1) is 14.2. The Bertz CT molecular complexity index is 413. The van der Waals surface area contributed by atoms with E-state index in [4.69, 9.17) is 27.9 Å². The molecule has 0 atom stereocenters. The molecule has 0 aliphatic heterocycles. The van der Waals surface area contributed by atoms with Crippen molar-refractivity contribution in [1.29, 1.82) is 0 Å². The second-order valence-corrected chi connectivity index (χ2v) is 4.16. The molecule has 1 amide bonds. The highest BCUT2D eigenvalue weighted by atomic mass is 35.5. The van der Waals surface area contributed by atoms with E-state index in [1.165, 1.54) is 6.07 Å². The van der Waals surface area contributed by atoms with Crippen molar-refractivity contribution < 1.29 is 13.9 Å². The number of ether oxygens (including phenoxy) is 1. The molecule has 0 saturated carbocycles. The third-order valence-corrected chi connectivity index (χ3v) is 2.67. The fraction of sp³-hybridized carbons (Fsp3) is 0.364. The van der Waals surface area contributed by atoms with Crippen LogP contribution in [0.15, 0.2) is 12.1 Å². The monoisotopic (exact) mass is 279 g/mol. The number of methoxy groups -OCH3 is 1. The molecule has 17 heavy (non-hydrogen) atoms. The van der Waals surface area contributed by atoms with Crippen LogP contribution in [0.5, 0.6) is 0 Å². The van der Waals surface area contributed by atoms with E-state index in [0.29, 0.717) is 19.6 Å². The Morgan fingerprint density at radius 2 is 2.12 bits per heavy atom. The number of benzene rings is 1. The highest BCUT2D eigenvalue weighted by Crippen LogP contribution is 2.24. The average Bonchev–Trinajstić information content (AvgIpc) is 2.29. The second kappa shape index (κ2) is 6.79. The molecule has 1 aromatic carbocycles. The summed E-state index contributed by atoms with van der Waals surface area (Å²) in [4.78, 5) is 11.6. The smallest absolute Gasteiger partial charge is 0.252 e. The van der Waals surface area contributed by atoms with Crippen LogP contribution >= 0.6 is 23.2 Å². The van der Waals surface area contributed by atoms with Gasteiger partial charge in [0.1, 0.15) is 5.82 Å². The van der Waals surface area contributed by atoms with E-state index >= 15 is 0 Å². The summed E-state index contributed by atoms with van der Waals surface area (Å²) < 4.78 is 18.0. The van der Waals surface area contributed by atoms with Gasteiger partial charge in [-0.25, -0.2) is 4.39 Å². The summed E-state index contributed by atoms with van der Waals surface area (Å²) >= 11 is 11.3. The maximum Gasteiger partial charge on any atom is 0.252 e. The summed E-state index contributed by atoms with van der Waals surface area (Å²) in [6.07, 6.45) is 0.677. The van der Waals surface area contributed by atoms with Crippen molar-refractivity contribution in [3.05, 3.63) is 33.6 Å². The lowest BCUT2D eigenvalue weighted by atomic mass is 10.2. The summed E-state index contributed by atoms with van der Waals surface area (Å²) in [6.45, 7) is 0.982. The van der Waals surface area contributed by atoms with Crippen LogP contribution in [0, 0.1) is 5.82 Å². The number of amides is 1. The van der Waals surface area contributed by atoms with E-state index in [2.05, 4.69) is 5.32 Å². The first-order valence-corrected chi connectivity index (χ1v) is 5.73. The molecule has 0 aromatic heterocycles.